The molecule has 1 fully saturated rings. The summed E-state index contributed by atoms with van der Waals surface area (Å²) in [6.07, 6.45) is 0.919. The summed E-state index contributed by atoms with van der Waals surface area (Å²) in [4.78, 5) is 26.4. The molecule has 1 saturated heterocycles. The van der Waals surface area contributed by atoms with Gasteiger partial charge in [0.15, 0.2) is 23.1 Å². The Morgan fingerprint density at radius 1 is 1.06 bits per heavy atom. The number of aryl methyl sites for hydroxylation is 1. The van der Waals surface area contributed by atoms with E-state index in [0.29, 0.717) is 23.6 Å². The average molecular weight is 426 g/mol. The fraction of sp³-hybridized carbons (Fsp3) is 0.440. The number of β-amino-alcohol motifs (C(OH)–C–C–N with tert-alkyl or cyclic N) is 1. The summed E-state index contributed by atoms with van der Waals surface area (Å²) in [5.41, 5.74) is 2.48. The lowest BCUT2D eigenvalue weighted by molar-refractivity contribution is 0.0518. The summed E-state index contributed by atoms with van der Waals surface area (Å²) in [5.74, 6) is 1.17. The third kappa shape index (κ3) is 6.15. The number of ether oxygens (including phenoxy) is 2. The molecule has 31 heavy (non-hydrogen) atoms. The molecule has 0 radical (unpaired) electrons. The van der Waals surface area contributed by atoms with Crippen LogP contribution in [0.15, 0.2) is 42.5 Å². The van der Waals surface area contributed by atoms with E-state index in [0.717, 1.165) is 37.1 Å². The van der Waals surface area contributed by atoms with Crippen LogP contribution in [-0.2, 0) is 0 Å². The van der Waals surface area contributed by atoms with Gasteiger partial charge in [-0.3, -0.25) is 9.59 Å². The molecule has 1 heterocycles. The second kappa shape index (κ2) is 10.6. The van der Waals surface area contributed by atoms with E-state index < -0.39 is 6.10 Å². The van der Waals surface area contributed by atoms with Crippen molar-refractivity contribution < 1.29 is 24.2 Å². The van der Waals surface area contributed by atoms with E-state index in [1.54, 1.807) is 18.2 Å². The molecule has 0 aliphatic carbocycles. The van der Waals surface area contributed by atoms with Gasteiger partial charge < -0.3 is 19.5 Å². The summed E-state index contributed by atoms with van der Waals surface area (Å²) < 4.78 is 11.0. The van der Waals surface area contributed by atoms with Crippen LogP contribution in [0.1, 0.15) is 46.0 Å². The van der Waals surface area contributed by atoms with Gasteiger partial charge in [0.1, 0.15) is 12.7 Å². The van der Waals surface area contributed by atoms with Crippen molar-refractivity contribution >= 4 is 11.6 Å². The maximum atomic E-state index is 12.7. The molecule has 2 aromatic rings. The monoisotopic (exact) mass is 425 g/mol. The van der Waals surface area contributed by atoms with E-state index in [1.807, 2.05) is 31.2 Å². The molecule has 2 aromatic carbocycles. The molecule has 6 heteroatoms. The highest BCUT2D eigenvalue weighted by Crippen LogP contribution is 2.28. The first kappa shape index (κ1) is 23.0. The van der Waals surface area contributed by atoms with Crippen molar-refractivity contribution in [2.24, 2.45) is 5.92 Å². The molecule has 3 rings (SSSR count). The van der Waals surface area contributed by atoms with Crippen molar-refractivity contribution in [1.82, 2.24) is 4.90 Å². The first-order chi connectivity index (χ1) is 14.9. The number of aliphatic hydroxyl groups is 1. The van der Waals surface area contributed by atoms with E-state index in [4.69, 9.17) is 9.47 Å². The Hall–Kier alpha value is -2.70. The van der Waals surface area contributed by atoms with Crippen molar-refractivity contribution in [2.75, 3.05) is 33.4 Å². The SMILES string of the molecule is COc1cc(C(C)=O)ccc1OCC(O)CN1CCC(C(=O)c2ccc(C)cc2)CC1. The molecule has 1 N–H and O–H groups in total. The standard InChI is InChI=1S/C25H31NO5/c1-17-4-6-19(7-5-17)25(29)20-10-12-26(13-11-20)15-22(28)16-31-23-9-8-21(18(2)27)14-24(23)30-3/h4-9,14,20,22,28H,10-13,15-16H2,1-3H3. The van der Waals surface area contributed by atoms with Crippen LogP contribution in [0.5, 0.6) is 11.5 Å². The van der Waals surface area contributed by atoms with Crippen molar-refractivity contribution in [3.8, 4) is 11.5 Å². The minimum Gasteiger partial charge on any atom is -0.493 e. The van der Waals surface area contributed by atoms with Gasteiger partial charge in [-0.15, -0.1) is 0 Å². The predicted molar refractivity (Wildman–Crippen MR) is 119 cm³/mol. The van der Waals surface area contributed by atoms with Gasteiger partial charge in [-0.05, 0) is 58.0 Å². The normalized spacial score (nSPS) is 16.0. The van der Waals surface area contributed by atoms with Crippen LogP contribution in [-0.4, -0.2) is 61.0 Å². The molecular weight excluding hydrogens is 394 g/mol. The molecule has 0 spiro atoms. The highest BCUT2D eigenvalue weighted by atomic mass is 16.5. The number of carbonyl (C=O) groups excluding carboxylic acids is 2. The second-order valence-corrected chi connectivity index (χ2v) is 8.19. The van der Waals surface area contributed by atoms with Gasteiger partial charge in [0.05, 0.1) is 7.11 Å². The summed E-state index contributed by atoms with van der Waals surface area (Å²) in [5, 5.41) is 10.4. The molecule has 0 bridgehead atoms. The molecule has 0 aromatic heterocycles. The second-order valence-electron chi connectivity index (χ2n) is 8.19. The minimum absolute atomic E-state index is 0.0383. The maximum Gasteiger partial charge on any atom is 0.166 e. The van der Waals surface area contributed by atoms with Crippen molar-refractivity contribution in [2.45, 2.75) is 32.8 Å². The number of piperidine rings is 1. The van der Waals surface area contributed by atoms with Crippen molar-refractivity contribution in [3.63, 3.8) is 0 Å². The van der Waals surface area contributed by atoms with E-state index in [9.17, 15) is 14.7 Å². The molecule has 0 saturated carbocycles. The Balaban J connectivity index is 1.46. The van der Waals surface area contributed by atoms with Crippen LogP contribution < -0.4 is 9.47 Å². The number of carbonyl (C=O) groups is 2. The van der Waals surface area contributed by atoms with Gasteiger partial charge in [-0.25, -0.2) is 0 Å². The van der Waals surface area contributed by atoms with E-state index >= 15 is 0 Å². The summed E-state index contributed by atoms with van der Waals surface area (Å²) >= 11 is 0. The molecule has 0 amide bonds. The number of Topliss-reactive ketones (excluding diaryl/α,β-unsaturated/α-hetero) is 2. The summed E-state index contributed by atoms with van der Waals surface area (Å²) in [6, 6.07) is 12.8. The van der Waals surface area contributed by atoms with Gasteiger partial charge in [0.25, 0.3) is 0 Å². The number of rotatable bonds is 9. The number of nitrogens with zero attached hydrogens (tertiary/aromatic N) is 1. The number of ketones is 2. The average Bonchev–Trinajstić information content (AvgIpc) is 2.78. The van der Waals surface area contributed by atoms with Crippen molar-refractivity contribution in [1.29, 1.82) is 0 Å². The predicted octanol–water partition coefficient (Wildman–Crippen LogP) is 3.54. The third-order valence-corrected chi connectivity index (χ3v) is 5.76. The van der Waals surface area contributed by atoms with Gasteiger partial charge >= 0.3 is 0 Å². The smallest absolute Gasteiger partial charge is 0.166 e. The fourth-order valence-electron chi connectivity index (χ4n) is 3.87. The van der Waals surface area contributed by atoms with Crippen LogP contribution in [0.4, 0.5) is 0 Å². The van der Waals surface area contributed by atoms with E-state index in [1.165, 1.54) is 14.0 Å². The first-order valence-corrected chi connectivity index (χ1v) is 10.7. The lowest BCUT2D eigenvalue weighted by Crippen LogP contribution is -2.42. The van der Waals surface area contributed by atoms with E-state index in [-0.39, 0.29) is 24.1 Å². The highest BCUT2D eigenvalue weighted by molar-refractivity contribution is 5.98. The molecule has 1 aliphatic rings. The molecule has 1 unspecified atom stereocenters. The van der Waals surface area contributed by atoms with Crippen LogP contribution in [0, 0.1) is 12.8 Å². The number of likely N-dealkylation sites (tertiary alicyclic amines) is 1. The van der Waals surface area contributed by atoms with Crippen LogP contribution in [0.25, 0.3) is 0 Å². The summed E-state index contributed by atoms with van der Waals surface area (Å²) in [6.45, 7) is 5.67. The lowest BCUT2D eigenvalue weighted by atomic mass is 9.88. The first-order valence-electron chi connectivity index (χ1n) is 10.7. The van der Waals surface area contributed by atoms with Crippen LogP contribution in [0.2, 0.25) is 0 Å². The van der Waals surface area contributed by atoms with Gasteiger partial charge in [0, 0.05) is 23.6 Å². The lowest BCUT2D eigenvalue weighted by Gasteiger charge is -2.32. The zero-order valence-electron chi connectivity index (χ0n) is 18.5. The van der Waals surface area contributed by atoms with E-state index in [2.05, 4.69) is 4.90 Å². The molecule has 1 atom stereocenters. The fourth-order valence-corrected chi connectivity index (χ4v) is 3.87. The zero-order valence-corrected chi connectivity index (χ0v) is 18.5. The minimum atomic E-state index is -0.665. The van der Waals surface area contributed by atoms with Crippen LogP contribution in [0.3, 0.4) is 0 Å². The number of benzene rings is 2. The largest absolute Gasteiger partial charge is 0.493 e. The number of hydrogen-bond donors (Lipinski definition) is 1. The van der Waals surface area contributed by atoms with Crippen LogP contribution >= 0.6 is 0 Å². The van der Waals surface area contributed by atoms with Gasteiger partial charge in [0.2, 0.25) is 0 Å². The van der Waals surface area contributed by atoms with Crippen molar-refractivity contribution in [3.05, 3.63) is 59.2 Å². The molecule has 166 valence electrons. The topological polar surface area (TPSA) is 76.1 Å². The highest BCUT2D eigenvalue weighted by Gasteiger charge is 2.26. The zero-order chi connectivity index (χ0) is 22.4. The Morgan fingerprint density at radius 3 is 2.32 bits per heavy atom. The Bertz CT molecular complexity index is 901. The molecule has 6 nitrogen and oxygen atoms in total. The Morgan fingerprint density at radius 2 is 1.71 bits per heavy atom. The van der Waals surface area contributed by atoms with Gasteiger partial charge in [-0.2, -0.15) is 0 Å². The molecule has 1 aliphatic heterocycles. The Kier molecular flexibility index (Phi) is 7.82. The summed E-state index contributed by atoms with van der Waals surface area (Å²) in [7, 11) is 1.52. The third-order valence-electron chi connectivity index (χ3n) is 5.76. The number of methoxy groups -OCH3 is 1. The van der Waals surface area contributed by atoms with Gasteiger partial charge in [-0.1, -0.05) is 29.8 Å². The molecular formula is C25H31NO5. The maximum absolute atomic E-state index is 12.7. The Labute approximate surface area is 183 Å². The quantitative estimate of drug-likeness (QED) is 0.620. The number of hydrogen-bond acceptors (Lipinski definition) is 6. The number of aliphatic hydroxyl groups excluding tert-OH is 1.